The number of rotatable bonds is 4. The van der Waals surface area contributed by atoms with Crippen molar-refractivity contribution in [3.05, 3.63) is 0 Å². The molecular weight excluding hydrogens is 344 g/mol. The Morgan fingerprint density at radius 2 is 1.78 bits per heavy atom. The average molecular weight is 364 g/mol. The van der Waals surface area contributed by atoms with Crippen molar-refractivity contribution >= 4 is 45.3 Å². The summed E-state index contributed by atoms with van der Waals surface area (Å²) in [5, 5.41) is 4.86. The van der Waals surface area contributed by atoms with Crippen LogP contribution in [0.4, 0.5) is 0 Å². The van der Waals surface area contributed by atoms with Crippen LogP contribution in [-0.4, -0.2) is 59.4 Å². The van der Waals surface area contributed by atoms with E-state index in [1.54, 1.807) is 0 Å². The van der Waals surface area contributed by atoms with Crippen molar-refractivity contribution in [1.82, 2.24) is 10.6 Å². The second-order valence-corrected chi connectivity index (χ2v) is 7.55. The fourth-order valence-electron chi connectivity index (χ4n) is 1.43. The summed E-state index contributed by atoms with van der Waals surface area (Å²) in [5.74, 6) is -2.26. The van der Waals surface area contributed by atoms with E-state index >= 15 is 0 Å². The van der Waals surface area contributed by atoms with Crippen LogP contribution in [0.1, 0.15) is 13.8 Å². The van der Waals surface area contributed by atoms with Gasteiger partial charge in [0, 0.05) is 11.5 Å². The predicted molar refractivity (Wildman–Crippen MR) is 87.2 cm³/mol. The smallest absolute Gasteiger partial charge is 0.337 e. The van der Waals surface area contributed by atoms with Gasteiger partial charge in [0.25, 0.3) is 0 Å². The van der Waals surface area contributed by atoms with Gasteiger partial charge in [-0.2, -0.15) is 0 Å². The molecule has 1 rings (SSSR count). The van der Waals surface area contributed by atoms with Crippen molar-refractivity contribution in [2.75, 3.05) is 11.5 Å². The maximum atomic E-state index is 12.0. The molecule has 1 saturated heterocycles. The molecule has 11 heteroatoms. The standard InChI is InChI=1S/C12H20N4O5S2/c1-5(13)9(17)15-6(2)10(18)16-8-4-23-22-3-7(14)11(19)21-12(8)20/h5-8H,3-4,13-14H2,1-2H3,(H,15,17)(H,16,18)/t5-,6-,7?,8-/m0/s1. The molecule has 0 aromatic rings. The number of nitrogens with one attached hydrogen (secondary N) is 2. The third kappa shape index (κ3) is 6.37. The Bertz CT molecular complexity index is 488. The Balaban J connectivity index is 2.65. The van der Waals surface area contributed by atoms with E-state index in [0.29, 0.717) is 5.75 Å². The largest absolute Gasteiger partial charge is 0.390 e. The van der Waals surface area contributed by atoms with Crippen molar-refractivity contribution in [2.24, 2.45) is 11.5 Å². The highest BCUT2D eigenvalue weighted by atomic mass is 33.1. The van der Waals surface area contributed by atoms with Gasteiger partial charge in [-0.15, -0.1) is 0 Å². The summed E-state index contributed by atoms with van der Waals surface area (Å²) in [7, 11) is 2.61. The molecule has 0 saturated carbocycles. The van der Waals surface area contributed by atoms with Crippen LogP contribution in [0.3, 0.4) is 0 Å². The first-order chi connectivity index (χ1) is 10.7. The molecule has 0 aromatic heterocycles. The number of ether oxygens (including phenoxy) is 1. The molecule has 1 unspecified atom stereocenters. The van der Waals surface area contributed by atoms with Gasteiger partial charge >= 0.3 is 11.9 Å². The summed E-state index contributed by atoms with van der Waals surface area (Å²) < 4.78 is 4.64. The minimum atomic E-state index is -1.01. The van der Waals surface area contributed by atoms with Crippen LogP contribution in [0.25, 0.3) is 0 Å². The lowest BCUT2D eigenvalue weighted by atomic mass is 10.2. The molecule has 0 radical (unpaired) electrons. The lowest BCUT2D eigenvalue weighted by Gasteiger charge is -2.19. The van der Waals surface area contributed by atoms with Crippen molar-refractivity contribution in [2.45, 2.75) is 38.0 Å². The molecular formula is C12H20N4O5S2. The van der Waals surface area contributed by atoms with Gasteiger partial charge in [0.15, 0.2) is 0 Å². The van der Waals surface area contributed by atoms with Crippen LogP contribution >= 0.6 is 21.6 Å². The number of nitrogens with two attached hydrogens (primary N) is 2. The van der Waals surface area contributed by atoms with Gasteiger partial charge in [0.1, 0.15) is 18.1 Å². The van der Waals surface area contributed by atoms with E-state index in [9.17, 15) is 19.2 Å². The molecule has 1 heterocycles. The minimum Gasteiger partial charge on any atom is -0.390 e. The zero-order chi connectivity index (χ0) is 17.6. The zero-order valence-electron chi connectivity index (χ0n) is 12.7. The maximum Gasteiger partial charge on any atom is 0.337 e. The molecule has 0 spiro atoms. The second-order valence-electron chi connectivity index (χ2n) is 5.00. The molecule has 0 bridgehead atoms. The molecule has 1 aliphatic rings. The number of carbonyl (C=O) groups is 4. The van der Waals surface area contributed by atoms with E-state index in [2.05, 4.69) is 15.4 Å². The Labute approximate surface area is 141 Å². The molecule has 6 N–H and O–H groups in total. The third-order valence-electron chi connectivity index (χ3n) is 2.84. The van der Waals surface area contributed by atoms with E-state index in [1.807, 2.05) is 0 Å². The summed E-state index contributed by atoms with van der Waals surface area (Å²) in [6.45, 7) is 2.94. The fourth-order valence-corrected chi connectivity index (χ4v) is 3.68. The lowest BCUT2D eigenvalue weighted by Crippen LogP contribution is -2.54. The highest BCUT2D eigenvalue weighted by Crippen LogP contribution is 2.24. The van der Waals surface area contributed by atoms with Gasteiger partial charge in [0.2, 0.25) is 11.8 Å². The minimum absolute atomic E-state index is 0.212. The Morgan fingerprint density at radius 3 is 2.39 bits per heavy atom. The Kier molecular flexibility index (Phi) is 7.82. The summed E-state index contributed by atoms with van der Waals surface area (Å²) >= 11 is 0. The predicted octanol–water partition coefficient (Wildman–Crippen LogP) is -1.88. The Hall–Kier alpha value is -1.30. The highest BCUT2D eigenvalue weighted by Gasteiger charge is 2.30. The van der Waals surface area contributed by atoms with E-state index < -0.39 is 47.9 Å². The van der Waals surface area contributed by atoms with Crippen molar-refractivity contribution in [1.29, 1.82) is 0 Å². The molecule has 1 fully saturated rings. The number of hydrogen-bond donors (Lipinski definition) is 4. The van der Waals surface area contributed by atoms with Gasteiger partial charge in [-0.1, -0.05) is 21.6 Å². The van der Waals surface area contributed by atoms with Crippen molar-refractivity contribution in [3.8, 4) is 0 Å². The normalized spacial score (nSPS) is 25.2. The molecule has 1 aliphatic heterocycles. The van der Waals surface area contributed by atoms with Gasteiger partial charge in [0.05, 0.1) is 6.04 Å². The van der Waals surface area contributed by atoms with E-state index in [1.165, 1.54) is 35.4 Å². The third-order valence-corrected chi connectivity index (χ3v) is 5.28. The molecule has 0 aliphatic carbocycles. The summed E-state index contributed by atoms with van der Waals surface area (Å²) in [6.07, 6.45) is 0. The van der Waals surface area contributed by atoms with E-state index in [4.69, 9.17) is 11.5 Å². The Morgan fingerprint density at radius 1 is 1.17 bits per heavy atom. The summed E-state index contributed by atoms with van der Waals surface area (Å²) in [6, 6.07) is -3.55. The van der Waals surface area contributed by atoms with Crippen LogP contribution in [0.15, 0.2) is 0 Å². The average Bonchev–Trinajstić information content (AvgIpc) is 2.53. The van der Waals surface area contributed by atoms with Crippen LogP contribution in [0.5, 0.6) is 0 Å². The number of hydrogen-bond acceptors (Lipinski definition) is 9. The van der Waals surface area contributed by atoms with Crippen molar-refractivity contribution < 1.29 is 23.9 Å². The van der Waals surface area contributed by atoms with E-state index in [0.717, 1.165) is 0 Å². The molecule has 4 atom stereocenters. The molecule has 9 nitrogen and oxygen atoms in total. The van der Waals surface area contributed by atoms with Crippen LogP contribution < -0.4 is 22.1 Å². The summed E-state index contributed by atoms with van der Waals surface area (Å²) in [5.41, 5.74) is 11.0. The SMILES string of the molecule is C[C@H](N)C(=O)N[C@@H](C)C(=O)N[C@H]1CSSCC(N)C(=O)OC1=O. The van der Waals surface area contributed by atoms with Gasteiger partial charge in [-0.25, -0.2) is 9.59 Å². The molecule has 23 heavy (non-hydrogen) atoms. The topological polar surface area (TPSA) is 154 Å². The summed E-state index contributed by atoms with van der Waals surface area (Å²) in [4.78, 5) is 47.0. The lowest BCUT2D eigenvalue weighted by molar-refractivity contribution is -0.162. The van der Waals surface area contributed by atoms with Crippen LogP contribution in [0, 0.1) is 0 Å². The first-order valence-corrected chi connectivity index (χ1v) is 9.33. The number of amides is 2. The first kappa shape index (κ1) is 19.7. The molecule has 0 aromatic carbocycles. The molecule has 2 amide bonds. The van der Waals surface area contributed by atoms with Gasteiger partial charge in [-0.05, 0) is 13.8 Å². The van der Waals surface area contributed by atoms with Crippen LogP contribution in [-0.2, 0) is 23.9 Å². The monoisotopic (exact) mass is 364 g/mol. The number of cyclic esters (lactones) is 2. The van der Waals surface area contributed by atoms with Crippen molar-refractivity contribution in [3.63, 3.8) is 0 Å². The number of carbonyl (C=O) groups excluding carboxylic acids is 4. The van der Waals surface area contributed by atoms with Crippen LogP contribution in [0.2, 0.25) is 0 Å². The second kappa shape index (κ2) is 9.11. The first-order valence-electron chi connectivity index (χ1n) is 6.84. The van der Waals surface area contributed by atoms with Gasteiger partial charge < -0.3 is 26.8 Å². The molecule has 130 valence electrons. The van der Waals surface area contributed by atoms with E-state index in [-0.39, 0.29) is 5.75 Å². The highest BCUT2D eigenvalue weighted by molar-refractivity contribution is 8.76. The fraction of sp³-hybridized carbons (Fsp3) is 0.667. The quantitative estimate of drug-likeness (QED) is 0.255. The maximum absolute atomic E-state index is 12.0. The number of esters is 2. The zero-order valence-corrected chi connectivity index (χ0v) is 14.4. The van der Waals surface area contributed by atoms with Gasteiger partial charge in [-0.3, -0.25) is 9.59 Å².